The molecule has 0 unspecified atom stereocenters. The van der Waals surface area contributed by atoms with Gasteiger partial charge in [-0.15, -0.1) is 0 Å². The molecule has 1 saturated carbocycles. The number of anilines is 1. The van der Waals surface area contributed by atoms with E-state index in [1.54, 1.807) is 13.2 Å². The summed E-state index contributed by atoms with van der Waals surface area (Å²) < 4.78 is 5.14. The third-order valence-electron chi connectivity index (χ3n) is 4.01. The van der Waals surface area contributed by atoms with Gasteiger partial charge in [0.25, 0.3) is 0 Å². The predicted molar refractivity (Wildman–Crippen MR) is 83.4 cm³/mol. The standard InChI is InChI=1S/C16H23N3O3/c1-12-5-3-6-13(18-12)19-14(20)7-10-17-15(21)16(11-22-2)8-4-9-16/h3,5-6H,4,7-11H2,1-2H3,(H,17,21)(H,18,19,20). The summed E-state index contributed by atoms with van der Waals surface area (Å²) in [4.78, 5) is 28.2. The molecule has 1 aliphatic carbocycles. The number of hydrogen-bond acceptors (Lipinski definition) is 4. The van der Waals surface area contributed by atoms with Crippen molar-refractivity contribution in [1.82, 2.24) is 10.3 Å². The molecule has 0 saturated heterocycles. The van der Waals surface area contributed by atoms with Crippen molar-refractivity contribution < 1.29 is 14.3 Å². The first-order valence-electron chi connectivity index (χ1n) is 7.56. The number of ether oxygens (including phenoxy) is 1. The van der Waals surface area contributed by atoms with Gasteiger partial charge in [-0.1, -0.05) is 12.5 Å². The number of methoxy groups -OCH3 is 1. The zero-order chi connectivity index (χ0) is 16.0. The van der Waals surface area contributed by atoms with E-state index in [4.69, 9.17) is 4.74 Å². The van der Waals surface area contributed by atoms with Gasteiger partial charge in [-0.2, -0.15) is 0 Å². The van der Waals surface area contributed by atoms with E-state index < -0.39 is 0 Å². The lowest BCUT2D eigenvalue weighted by molar-refractivity contribution is -0.140. The highest BCUT2D eigenvalue weighted by Gasteiger charge is 2.43. The predicted octanol–water partition coefficient (Wildman–Crippen LogP) is 1.65. The summed E-state index contributed by atoms with van der Waals surface area (Å²) in [6, 6.07) is 5.44. The van der Waals surface area contributed by atoms with Crippen molar-refractivity contribution in [3.63, 3.8) is 0 Å². The van der Waals surface area contributed by atoms with E-state index in [0.29, 0.717) is 19.0 Å². The molecule has 0 bridgehead atoms. The van der Waals surface area contributed by atoms with Gasteiger partial charge < -0.3 is 15.4 Å². The Morgan fingerprint density at radius 1 is 1.36 bits per heavy atom. The summed E-state index contributed by atoms with van der Waals surface area (Å²) in [7, 11) is 1.61. The van der Waals surface area contributed by atoms with Gasteiger partial charge in [0.15, 0.2) is 0 Å². The number of amides is 2. The van der Waals surface area contributed by atoms with Crippen molar-refractivity contribution in [3.05, 3.63) is 23.9 Å². The molecule has 1 aromatic heterocycles. The van der Waals surface area contributed by atoms with Crippen molar-refractivity contribution in [2.45, 2.75) is 32.6 Å². The number of nitrogens with zero attached hydrogens (tertiary/aromatic N) is 1. The zero-order valence-electron chi connectivity index (χ0n) is 13.1. The molecule has 1 aromatic rings. The highest BCUT2D eigenvalue weighted by atomic mass is 16.5. The van der Waals surface area contributed by atoms with E-state index in [1.807, 2.05) is 19.1 Å². The number of rotatable bonds is 7. The minimum atomic E-state index is -0.386. The Balaban J connectivity index is 1.74. The maximum Gasteiger partial charge on any atom is 0.228 e. The summed E-state index contributed by atoms with van der Waals surface area (Å²) in [6.45, 7) is 2.63. The second-order valence-electron chi connectivity index (χ2n) is 5.79. The number of carbonyl (C=O) groups is 2. The minimum Gasteiger partial charge on any atom is -0.384 e. The van der Waals surface area contributed by atoms with Gasteiger partial charge in [0.1, 0.15) is 5.82 Å². The molecule has 2 rings (SSSR count). The number of aryl methyl sites for hydroxylation is 1. The van der Waals surface area contributed by atoms with E-state index >= 15 is 0 Å². The second-order valence-corrected chi connectivity index (χ2v) is 5.79. The van der Waals surface area contributed by atoms with Gasteiger partial charge in [0.05, 0.1) is 12.0 Å². The highest BCUT2D eigenvalue weighted by molar-refractivity contribution is 5.90. The summed E-state index contributed by atoms with van der Waals surface area (Å²) in [6.07, 6.45) is 2.99. The maximum atomic E-state index is 12.2. The third kappa shape index (κ3) is 4.04. The van der Waals surface area contributed by atoms with Gasteiger partial charge in [-0.05, 0) is 31.9 Å². The highest BCUT2D eigenvalue weighted by Crippen LogP contribution is 2.41. The van der Waals surface area contributed by atoms with Gasteiger partial charge in [0, 0.05) is 25.8 Å². The Labute approximate surface area is 130 Å². The number of aromatic nitrogens is 1. The molecule has 0 radical (unpaired) electrons. The van der Waals surface area contributed by atoms with E-state index in [9.17, 15) is 9.59 Å². The first kappa shape index (κ1) is 16.4. The Bertz CT molecular complexity index is 541. The van der Waals surface area contributed by atoms with Crippen molar-refractivity contribution in [1.29, 1.82) is 0 Å². The van der Waals surface area contributed by atoms with E-state index in [2.05, 4.69) is 15.6 Å². The van der Waals surface area contributed by atoms with Crippen LogP contribution >= 0.6 is 0 Å². The first-order valence-corrected chi connectivity index (χ1v) is 7.56. The SMILES string of the molecule is COCC1(C(=O)NCCC(=O)Nc2cccc(C)n2)CCC1. The van der Waals surface area contributed by atoms with Crippen LogP contribution in [0.25, 0.3) is 0 Å². The molecule has 1 fully saturated rings. The number of nitrogens with one attached hydrogen (secondary N) is 2. The lowest BCUT2D eigenvalue weighted by atomic mass is 9.68. The number of hydrogen-bond donors (Lipinski definition) is 2. The van der Waals surface area contributed by atoms with Crippen LogP contribution in [-0.4, -0.2) is 37.1 Å². The van der Waals surface area contributed by atoms with Gasteiger partial charge in [-0.25, -0.2) is 4.98 Å². The fraction of sp³-hybridized carbons (Fsp3) is 0.562. The average Bonchev–Trinajstić information content (AvgIpc) is 2.42. The van der Waals surface area contributed by atoms with Crippen molar-refractivity contribution in [2.24, 2.45) is 5.41 Å². The smallest absolute Gasteiger partial charge is 0.228 e. The molecule has 0 atom stereocenters. The van der Waals surface area contributed by atoms with Crippen LogP contribution in [0, 0.1) is 12.3 Å². The van der Waals surface area contributed by atoms with Crippen molar-refractivity contribution in [2.75, 3.05) is 25.6 Å². The minimum absolute atomic E-state index is 0.0120. The molecule has 2 N–H and O–H groups in total. The van der Waals surface area contributed by atoms with Crippen LogP contribution in [0.1, 0.15) is 31.4 Å². The third-order valence-corrected chi connectivity index (χ3v) is 4.01. The monoisotopic (exact) mass is 305 g/mol. The molecule has 22 heavy (non-hydrogen) atoms. The molecule has 120 valence electrons. The molecule has 1 heterocycles. The van der Waals surface area contributed by atoms with E-state index in [-0.39, 0.29) is 23.7 Å². The second kappa shape index (κ2) is 7.35. The fourth-order valence-corrected chi connectivity index (χ4v) is 2.61. The van der Waals surface area contributed by atoms with Crippen LogP contribution in [0.4, 0.5) is 5.82 Å². The van der Waals surface area contributed by atoms with Gasteiger partial charge in [0.2, 0.25) is 11.8 Å². The lowest BCUT2D eigenvalue weighted by Gasteiger charge is -2.39. The largest absolute Gasteiger partial charge is 0.384 e. The molecular formula is C16H23N3O3. The molecule has 0 spiro atoms. The Morgan fingerprint density at radius 3 is 2.73 bits per heavy atom. The van der Waals surface area contributed by atoms with Gasteiger partial charge in [-0.3, -0.25) is 9.59 Å². The van der Waals surface area contributed by atoms with Crippen LogP contribution in [0.3, 0.4) is 0 Å². The Kier molecular flexibility index (Phi) is 5.49. The lowest BCUT2D eigenvalue weighted by Crippen LogP contribution is -2.49. The van der Waals surface area contributed by atoms with Gasteiger partial charge >= 0.3 is 0 Å². The fourth-order valence-electron chi connectivity index (χ4n) is 2.61. The van der Waals surface area contributed by atoms with Crippen LogP contribution in [0.2, 0.25) is 0 Å². The molecule has 6 nitrogen and oxygen atoms in total. The summed E-state index contributed by atoms with van der Waals surface area (Å²) in [5.74, 6) is 0.362. The number of carbonyl (C=O) groups excluding carboxylic acids is 2. The Morgan fingerprint density at radius 2 is 2.14 bits per heavy atom. The normalized spacial score (nSPS) is 15.7. The first-order chi connectivity index (χ1) is 10.6. The van der Waals surface area contributed by atoms with Crippen LogP contribution < -0.4 is 10.6 Å². The van der Waals surface area contributed by atoms with E-state index in [1.165, 1.54) is 0 Å². The summed E-state index contributed by atoms with van der Waals surface area (Å²) in [5.41, 5.74) is 0.459. The van der Waals surface area contributed by atoms with Crippen LogP contribution in [0.15, 0.2) is 18.2 Å². The molecule has 2 amide bonds. The van der Waals surface area contributed by atoms with Crippen LogP contribution in [-0.2, 0) is 14.3 Å². The van der Waals surface area contributed by atoms with Crippen LogP contribution in [0.5, 0.6) is 0 Å². The molecule has 0 aliphatic heterocycles. The quantitative estimate of drug-likeness (QED) is 0.802. The molecule has 6 heteroatoms. The average molecular weight is 305 g/mol. The number of pyridine rings is 1. The maximum absolute atomic E-state index is 12.2. The molecule has 0 aromatic carbocycles. The summed E-state index contributed by atoms with van der Waals surface area (Å²) >= 11 is 0. The molecular weight excluding hydrogens is 282 g/mol. The molecule has 1 aliphatic rings. The Hall–Kier alpha value is -1.95. The zero-order valence-corrected chi connectivity index (χ0v) is 13.1. The van der Waals surface area contributed by atoms with Crippen molar-refractivity contribution in [3.8, 4) is 0 Å². The topological polar surface area (TPSA) is 80.3 Å². The van der Waals surface area contributed by atoms with Crippen molar-refractivity contribution >= 4 is 17.6 Å². The summed E-state index contributed by atoms with van der Waals surface area (Å²) in [5, 5.41) is 5.56. The van der Waals surface area contributed by atoms with E-state index in [0.717, 1.165) is 25.0 Å².